The second-order valence-corrected chi connectivity index (χ2v) is 6.72. The molecule has 3 nitrogen and oxygen atoms in total. The molecule has 2 bridgehead atoms. The Labute approximate surface area is 112 Å². The van der Waals surface area contributed by atoms with Crippen molar-refractivity contribution in [3.63, 3.8) is 0 Å². The molecule has 2 aliphatic heterocycles. The molecule has 2 aliphatic rings. The van der Waals surface area contributed by atoms with E-state index in [1.807, 2.05) is 0 Å². The van der Waals surface area contributed by atoms with Crippen molar-refractivity contribution in [2.45, 2.75) is 64.1 Å². The molecule has 0 saturated carbocycles. The third kappa shape index (κ3) is 3.25. The zero-order chi connectivity index (χ0) is 13.1. The Hall–Kier alpha value is -0.120. The fourth-order valence-electron chi connectivity index (χ4n) is 3.69. The first-order chi connectivity index (χ1) is 8.61. The summed E-state index contributed by atoms with van der Waals surface area (Å²) in [6.07, 6.45) is 6.90. The van der Waals surface area contributed by atoms with Gasteiger partial charge in [0.05, 0.1) is 0 Å². The smallest absolute Gasteiger partial charge is 0.0110 e. The highest BCUT2D eigenvalue weighted by molar-refractivity contribution is 4.93. The van der Waals surface area contributed by atoms with Gasteiger partial charge < -0.3 is 16.0 Å². The normalized spacial score (nSPS) is 34.8. The van der Waals surface area contributed by atoms with E-state index in [-0.39, 0.29) is 0 Å². The standard InChI is InChI=1S/C15H31N3/c1-11(2)12(9-16)10-17-13-7-14-5-4-6-15(8-13)18(14)3/h11-15,17H,4-10,16H2,1-3H3. The molecule has 0 aromatic rings. The van der Waals surface area contributed by atoms with E-state index in [4.69, 9.17) is 5.73 Å². The summed E-state index contributed by atoms with van der Waals surface area (Å²) in [7, 11) is 2.32. The summed E-state index contributed by atoms with van der Waals surface area (Å²) in [6, 6.07) is 2.38. The van der Waals surface area contributed by atoms with Crippen molar-refractivity contribution in [2.24, 2.45) is 17.6 Å². The van der Waals surface area contributed by atoms with Gasteiger partial charge in [-0.05, 0) is 57.7 Å². The Morgan fingerprint density at radius 1 is 1.22 bits per heavy atom. The van der Waals surface area contributed by atoms with E-state index in [1.165, 1.54) is 32.1 Å². The minimum Gasteiger partial charge on any atom is -0.330 e. The maximum Gasteiger partial charge on any atom is 0.0110 e. The number of nitrogens with one attached hydrogen (secondary N) is 1. The summed E-state index contributed by atoms with van der Waals surface area (Å²) in [6.45, 7) is 6.47. The lowest BCUT2D eigenvalue weighted by atomic mass is 9.82. The molecule has 18 heavy (non-hydrogen) atoms. The quantitative estimate of drug-likeness (QED) is 0.785. The van der Waals surface area contributed by atoms with E-state index >= 15 is 0 Å². The van der Waals surface area contributed by atoms with Crippen molar-refractivity contribution in [2.75, 3.05) is 20.1 Å². The average molecular weight is 253 g/mol. The first-order valence-corrected chi connectivity index (χ1v) is 7.77. The summed E-state index contributed by atoms with van der Waals surface area (Å²) in [4.78, 5) is 2.63. The van der Waals surface area contributed by atoms with Crippen molar-refractivity contribution in [3.05, 3.63) is 0 Å². The molecule has 2 heterocycles. The SMILES string of the molecule is CC(C)C(CN)CNC1CC2CCCC(C1)N2C. The predicted octanol–water partition coefficient (Wildman–Crippen LogP) is 1.82. The number of nitrogens with zero attached hydrogens (tertiary/aromatic N) is 1. The van der Waals surface area contributed by atoms with Crippen LogP contribution in [0.25, 0.3) is 0 Å². The topological polar surface area (TPSA) is 41.3 Å². The lowest BCUT2D eigenvalue weighted by Crippen LogP contribution is -2.55. The van der Waals surface area contributed by atoms with Crippen LogP contribution in [0.4, 0.5) is 0 Å². The van der Waals surface area contributed by atoms with Crippen LogP contribution < -0.4 is 11.1 Å². The van der Waals surface area contributed by atoms with Gasteiger partial charge in [-0.3, -0.25) is 0 Å². The maximum absolute atomic E-state index is 5.86. The highest BCUT2D eigenvalue weighted by Gasteiger charge is 2.35. The highest BCUT2D eigenvalue weighted by Crippen LogP contribution is 2.32. The van der Waals surface area contributed by atoms with Crippen molar-refractivity contribution in [1.82, 2.24) is 10.2 Å². The molecule has 3 atom stereocenters. The van der Waals surface area contributed by atoms with E-state index < -0.39 is 0 Å². The predicted molar refractivity (Wildman–Crippen MR) is 77.6 cm³/mol. The minimum absolute atomic E-state index is 0.629. The van der Waals surface area contributed by atoms with Crippen LogP contribution in [0.1, 0.15) is 46.0 Å². The van der Waals surface area contributed by atoms with Gasteiger partial charge in [0.25, 0.3) is 0 Å². The number of hydrogen-bond donors (Lipinski definition) is 2. The largest absolute Gasteiger partial charge is 0.330 e. The van der Waals surface area contributed by atoms with Crippen LogP contribution >= 0.6 is 0 Å². The van der Waals surface area contributed by atoms with Crippen LogP contribution in [-0.4, -0.2) is 43.2 Å². The molecule has 0 aromatic heterocycles. The summed E-state index contributed by atoms with van der Waals surface area (Å²) >= 11 is 0. The summed E-state index contributed by atoms with van der Waals surface area (Å²) in [5.74, 6) is 1.32. The Bertz CT molecular complexity index is 240. The number of rotatable bonds is 5. The van der Waals surface area contributed by atoms with Crippen molar-refractivity contribution in [1.29, 1.82) is 0 Å². The van der Waals surface area contributed by atoms with Crippen molar-refractivity contribution >= 4 is 0 Å². The second kappa shape index (κ2) is 6.36. The first-order valence-electron chi connectivity index (χ1n) is 7.77. The first kappa shape index (κ1) is 14.3. The van der Waals surface area contributed by atoms with E-state index in [1.54, 1.807) is 0 Å². The average Bonchev–Trinajstić information content (AvgIpc) is 2.30. The van der Waals surface area contributed by atoms with E-state index in [0.29, 0.717) is 11.8 Å². The molecule has 106 valence electrons. The van der Waals surface area contributed by atoms with Crippen LogP contribution in [0.5, 0.6) is 0 Å². The molecule has 0 aliphatic carbocycles. The number of fused-ring (bicyclic) bond motifs is 2. The minimum atomic E-state index is 0.629. The Kier molecular flexibility index (Phi) is 5.05. The van der Waals surface area contributed by atoms with Gasteiger partial charge in [0.15, 0.2) is 0 Å². The number of piperidine rings is 2. The molecule has 2 saturated heterocycles. The van der Waals surface area contributed by atoms with Gasteiger partial charge in [-0.1, -0.05) is 20.3 Å². The van der Waals surface area contributed by atoms with Crippen molar-refractivity contribution < 1.29 is 0 Å². The van der Waals surface area contributed by atoms with Gasteiger partial charge in [-0.15, -0.1) is 0 Å². The van der Waals surface area contributed by atoms with Gasteiger partial charge in [0.1, 0.15) is 0 Å². The van der Waals surface area contributed by atoms with Crippen LogP contribution in [0.15, 0.2) is 0 Å². The molecule has 3 unspecified atom stereocenters. The molecular weight excluding hydrogens is 222 g/mol. The van der Waals surface area contributed by atoms with Crippen molar-refractivity contribution in [3.8, 4) is 0 Å². The van der Waals surface area contributed by atoms with Gasteiger partial charge in [-0.2, -0.15) is 0 Å². The molecular formula is C15H31N3. The zero-order valence-electron chi connectivity index (χ0n) is 12.4. The molecule has 0 amide bonds. The van der Waals surface area contributed by atoms with E-state index in [2.05, 4.69) is 31.1 Å². The Morgan fingerprint density at radius 3 is 2.33 bits per heavy atom. The van der Waals surface area contributed by atoms with Gasteiger partial charge in [0.2, 0.25) is 0 Å². The molecule has 0 spiro atoms. The molecule has 0 radical (unpaired) electrons. The highest BCUT2D eigenvalue weighted by atomic mass is 15.2. The Balaban J connectivity index is 1.81. The second-order valence-electron chi connectivity index (χ2n) is 6.72. The van der Waals surface area contributed by atoms with Gasteiger partial charge in [0, 0.05) is 18.1 Å². The fourth-order valence-corrected chi connectivity index (χ4v) is 3.69. The lowest BCUT2D eigenvalue weighted by Gasteiger charge is -2.47. The molecule has 2 fully saturated rings. The van der Waals surface area contributed by atoms with Crippen LogP contribution in [0, 0.1) is 11.8 Å². The van der Waals surface area contributed by atoms with E-state index in [9.17, 15) is 0 Å². The third-order valence-electron chi connectivity index (χ3n) is 5.25. The summed E-state index contributed by atoms with van der Waals surface area (Å²) in [5, 5.41) is 3.80. The van der Waals surface area contributed by atoms with Crippen LogP contribution in [-0.2, 0) is 0 Å². The summed E-state index contributed by atoms with van der Waals surface area (Å²) in [5.41, 5.74) is 5.86. The van der Waals surface area contributed by atoms with E-state index in [0.717, 1.165) is 31.2 Å². The zero-order valence-corrected chi connectivity index (χ0v) is 12.4. The summed E-state index contributed by atoms with van der Waals surface area (Å²) < 4.78 is 0. The fraction of sp³-hybridized carbons (Fsp3) is 1.00. The van der Waals surface area contributed by atoms with Gasteiger partial charge in [-0.25, -0.2) is 0 Å². The molecule has 3 N–H and O–H groups in total. The van der Waals surface area contributed by atoms with Gasteiger partial charge >= 0.3 is 0 Å². The molecule has 2 rings (SSSR count). The number of hydrogen-bond acceptors (Lipinski definition) is 3. The maximum atomic E-state index is 5.86. The lowest BCUT2D eigenvalue weighted by molar-refractivity contribution is 0.0473. The Morgan fingerprint density at radius 2 is 1.83 bits per heavy atom. The third-order valence-corrected chi connectivity index (χ3v) is 5.25. The number of nitrogens with two attached hydrogens (primary N) is 1. The monoisotopic (exact) mass is 253 g/mol. The molecule has 3 heteroatoms. The van der Waals surface area contributed by atoms with Crippen LogP contribution in [0.3, 0.4) is 0 Å². The van der Waals surface area contributed by atoms with Crippen LogP contribution in [0.2, 0.25) is 0 Å². The molecule has 0 aromatic carbocycles.